The molecular weight excluding hydrogens is 328 g/mol. The number of pyridine rings is 1. The molecule has 1 amide bonds. The van der Waals surface area contributed by atoms with Crippen molar-refractivity contribution >= 4 is 5.91 Å². The smallest absolute Gasteiger partial charge is 0.255 e. The van der Waals surface area contributed by atoms with Crippen LogP contribution in [0.3, 0.4) is 0 Å². The fourth-order valence-corrected chi connectivity index (χ4v) is 3.41. The van der Waals surface area contributed by atoms with Crippen molar-refractivity contribution in [3.05, 3.63) is 65.0 Å². The van der Waals surface area contributed by atoms with Gasteiger partial charge in [-0.25, -0.2) is 9.97 Å². The summed E-state index contributed by atoms with van der Waals surface area (Å²) in [5.74, 6) is 1.88. The van der Waals surface area contributed by atoms with Crippen molar-refractivity contribution < 1.29 is 9.21 Å². The Labute approximate surface area is 151 Å². The molecule has 132 valence electrons. The minimum atomic E-state index is -0.119. The van der Waals surface area contributed by atoms with E-state index in [0.29, 0.717) is 17.1 Å². The summed E-state index contributed by atoms with van der Waals surface area (Å²) in [6.45, 7) is 3.64. The highest BCUT2D eigenvalue weighted by atomic mass is 16.3. The molecule has 3 aromatic rings. The largest absolute Gasteiger partial charge is 0.466 e. The Balaban J connectivity index is 1.59. The number of nitrogens with one attached hydrogen (secondary N) is 1. The molecule has 0 unspecified atom stereocenters. The maximum absolute atomic E-state index is 12.6. The molecule has 4 rings (SSSR count). The van der Waals surface area contributed by atoms with Gasteiger partial charge in [-0.2, -0.15) is 0 Å². The van der Waals surface area contributed by atoms with Gasteiger partial charge in [0.25, 0.3) is 5.91 Å². The van der Waals surface area contributed by atoms with Gasteiger partial charge in [-0.3, -0.25) is 9.78 Å². The Morgan fingerprint density at radius 1 is 1.27 bits per heavy atom. The number of fused-ring (bicyclic) bond motifs is 1. The normalized spacial score (nSPS) is 16.2. The van der Waals surface area contributed by atoms with Crippen molar-refractivity contribution in [3.8, 4) is 11.5 Å². The number of amides is 1. The highest BCUT2D eigenvalue weighted by Crippen LogP contribution is 2.30. The first-order valence-electron chi connectivity index (χ1n) is 8.77. The number of carbonyl (C=O) groups is 1. The van der Waals surface area contributed by atoms with E-state index in [4.69, 9.17) is 9.40 Å². The predicted octanol–water partition coefficient (Wildman–Crippen LogP) is 3.56. The van der Waals surface area contributed by atoms with Crippen LogP contribution in [0.25, 0.3) is 11.5 Å². The lowest BCUT2D eigenvalue weighted by Gasteiger charge is -2.25. The molecular formula is C20H20N4O2. The molecule has 0 spiro atoms. The van der Waals surface area contributed by atoms with Crippen molar-refractivity contribution in [2.24, 2.45) is 0 Å². The first-order valence-corrected chi connectivity index (χ1v) is 8.77. The van der Waals surface area contributed by atoms with E-state index in [0.717, 1.165) is 42.0 Å². The Morgan fingerprint density at radius 3 is 2.88 bits per heavy atom. The third-order valence-electron chi connectivity index (χ3n) is 4.67. The molecule has 0 saturated carbocycles. The molecule has 1 atom stereocenters. The summed E-state index contributed by atoms with van der Waals surface area (Å²) >= 11 is 0. The fourth-order valence-electron chi connectivity index (χ4n) is 3.41. The minimum absolute atomic E-state index is 0.0846. The highest BCUT2D eigenvalue weighted by Gasteiger charge is 2.25. The maximum atomic E-state index is 12.6. The molecule has 6 nitrogen and oxygen atoms in total. The van der Waals surface area contributed by atoms with Crippen LogP contribution in [-0.2, 0) is 6.42 Å². The third-order valence-corrected chi connectivity index (χ3v) is 4.67. The summed E-state index contributed by atoms with van der Waals surface area (Å²) in [7, 11) is 0. The molecule has 0 radical (unpaired) electrons. The quantitative estimate of drug-likeness (QED) is 0.783. The summed E-state index contributed by atoms with van der Waals surface area (Å²) in [5.41, 5.74) is 3.31. The number of nitrogens with zero attached hydrogens (tertiary/aromatic N) is 3. The highest BCUT2D eigenvalue weighted by molar-refractivity contribution is 5.95. The van der Waals surface area contributed by atoms with Crippen molar-refractivity contribution in [1.29, 1.82) is 0 Å². The number of aryl methyl sites for hydroxylation is 3. The maximum Gasteiger partial charge on any atom is 0.255 e. The molecule has 1 aliphatic carbocycles. The van der Waals surface area contributed by atoms with Gasteiger partial charge in [0, 0.05) is 23.7 Å². The van der Waals surface area contributed by atoms with Gasteiger partial charge in [-0.05, 0) is 51.3 Å². The van der Waals surface area contributed by atoms with E-state index < -0.39 is 0 Å². The third kappa shape index (κ3) is 3.10. The lowest BCUT2D eigenvalue weighted by molar-refractivity contribution is 0.0931. The van der Waals surface area contributed by atoms with Crippen molar-refractivity contribution in [1.82, 2.24) is 20.3 Å². The number of hydrogen-bond donors (Lipinski definition) is 1. The van der Waals surface area contributed by atoms with Gasteiger partial charge in [0.05, 0.1) is 11.6 Å². The van der Waals surface area contributed by atoms with Crippen molar-refractivity contribution in [2.45, 2.75) is 39.2 Å². The van der Waals surface area contributed by atoms with E-state index in [-0.39, 0.29) is 11.9 Å². The Morgan fingerprint density at radius 2 is 2.15 bits per heavy atom. The summed E-state index contributed by atoms with van der Waals surface area (Å²) in [4.78, 5) is 26.1. The molecule has 26 heavy (non-hydrogen) atoms. The van der Waals surface area contributed by atoms with Crippen LogP contribution >= 0.6 is 0 Å². The first kappa shape index (κ1) is 16.4. The van der Waals surface area contributed by atoms with Crippen LogP contribution in [0, 0.1) is 13.8 Å². The lowest BCUT2D eigenvalue weighted by Crippen LogP contribution is -2.31. The summed E-state index contributed by atoms with van der Waals surface area (Å²) in [6.07, 6.45) is 6.29. The molecule has 1 aliphatic rings. The van der Waals surface area contributed by atoms with Gasteiger partial charge < -0.3 is 9.73 Å². The summed E-state index contributed by atoms with van der Waals surface area (Å²) in [5, 5.41) is 3.11. The van der Waals surface area contributed by atoms with Crippen LogP contribution in [0.5, 0.6) is 0 Å². The standard InChI is InChI=1S/C20H20N4O2/c1-12-10-14(13(2)26-12)20(25)24-17-8-5-7-16-15(17)11-22-19(23-16)18-6-3-4-9-21-18/h3-4,6,9-11,17H,5,7-8H2,1-2H3,(H,24,25)/t17-/m1/s1. The van der Waals surface area contributed by atoms with Gasteiger partial charge in [-0.1, -0.05) is 6.07 Å². The molecule has 0 fully saturated rings. The van der Waals surface area contributed by atoms with E-state index in [2.05, 4.69) is 15.3 Å². The van der Waals surface area contributed by atoms with E-state index in [1.807, 2.05) is 31.3 Å². The second kappa shape index (κ2) is 6.71. The average Bonchev–Trinajstić information content (AvgIpc) is 3.00. The second-order valence-electron chi connectivity index (χ2n) is 6.56. The van der Waals surface area contributed by atoms with E-state index in [9.17, 15) is 4.79 Å². The zero-order chi connectivity index (χ0) is 18.1. The van der Waals surface area contributed by atoms with E-state index >= 15 is 0 Å². The number of furan rings is 1. The number of aromatic nitrogens is 3. The van der Waals surface area contributed by atoms with Gasteiger partial charge in [0.2, 0.25) is 0 Å². The number of hydrogen-bond acceptors (Lipinski definition) is 5. The van der Waals surface area contributed by atoms with E-state index in [1.54, 1.807) is 19.2 Å². The van der Waals surface area contributed by atoms with Crippen LogP contribution in [0.15, 0.2) is 41.1 Å². The van der Waals surface area contributed by atoms with Crippen LogP contribution in [0.1, 0.15) is 52.0 Å². The molecule has 3 heterocycles. The Bertz CT molecular complexity index is 950. The van der Waals surface area contributed by atoms with Gasteiger partial charge in [0.1, 0.15) is 17.2 Å². The summed E-state index contributed by atoms with van der Waals surface area (Å²) < 4.78 is 5.47. The Hall–Kier alpha value is -3.02. The van der Waals surface area contributed by atoms with Crippen LogP contribution < -0.4 is 5.32 Å². The van der Waals surface area contributed by atoms with Gasteiger partial charge in [-0.15, -0.1) is 0 Å². The number of rotatable bonds is 3. The van der Waals surface area contributed by atoms with Crippen LogP contribution in [0.2, 0.25) is 0 Å². The zero-order valence-corrected chi connectivity index (χ0v) is 14.8. The van der Waals surface area contributed by atoms with Crippen molar-refractivity contribution in [3.63, 3.8) is 0 Å². The van der Waals surface area contributed by atoms with Crippen LogP contribution in [0.4, 0.5) is 0 Å². The van der Waals surface area contributed by atoms with E-state index in [1.165, 1.54) is 0 Å². The molecule has 6 heteroatoms. The first-order chi connectivity index (χ1) is 12.6. The number of carbonyl (C=O) groups excluding carboxylic acids is 1. The van der Waals surface area contributed by atoms with Gasteiger partial charge >= 0.3 is 0 Å². The van der Waals surface area contributed by atoms with Crippen LogP contribution in [-0.4, -0.2) is 20.9 Å². The zero-order valence-electron chi connectivity index (χ0n) is 14.8. The predicted molar refractivity (Wildman–Crippen MR) is 96.6 cm³/mol. The minimum Gasteiger partial charge on any atom is -0.466 e. The summed E-state index contributed by atoms with van der Waals surface area (Å²) in [6, 6.07) is 7.37. The van der Waals surface area contributed by atoms with Crippen molar-refractivity contribution in [2.75, 3.05) is 0 Å². The average molecular weight is 348 g/mol. The molecule has 0 aliphatic heterocycles. The molecule has 0 aromatic carbocycles. The van der Waals surface area contributed by atoms with Gasteiger partial charge in [0.15, 0.2) is 5.82 Å². The molecule has 0 saturated heterocycles. The monoisotopic (exact) mass is 348 g/mol. The molecule has 0 bridgehead atoms. The second-order valence-corrected chi connectivity index (χ2v) is 6.56. The fraction of sp³-hybridized carbons (Fsp3) is 0.300. The Kier molecular flexibility index (Phi) is 4.24. The lowest BCUT2D eigenvalue weighted by atomic mass is 9.92. The molecule has 3 aromatic heterocycles. The SMILES string of the molecule is Cc1cc(C(=O)N[C@@H]2CCCc3nc(-c4ccccn4)ncc32)c(C)o1. The topological polar surface area (TPSA) is 80.9 Å². The molecule has 1 N–H and O–H groups in total.